The Morgan fingerprint density at radius 2 is 1.79 bits per heavy atom. The monoisotopic (exact) mass is 336 g/mol. The summed E-state index contributed by atoms with van der Waals surface area (Å²) >= 11 is 5.40. The van der Waals surface area contributed by atoms with Crippen molar-refractivity contribution in [3.63, 3.8) is 0 Å². The lowest BCUT2D eigenvalue weighted by molar-refractivity contribution is 0.0977. The normalized spacial score (nSPS) is 15.2. The first-order chi connectivity index (χ1) is 11.4. The molecule has 0 fully saturated rings. The van der Waals surface area contributed by atoms with Crippen molar-refractivity contribution >= 4 is 28.8 Å². The third-order valence-electron chi connectivity index (χ3n) is 4.01. The van der Waals surface area contributed by atoms with Gasteiger partial charge in [-0.2, -0.15) is 0 Å². The van der Waals surface area contributed by atoms with Crippen LogP contribution in [-0.4, -0.2) is 22.1 Å². The Balaban J connectivity index is 1.76. The molecule has 0 aliphatic carbocycles. The molecule has 122 valence electrons. The highest BCUT2D eigenvalue weighted by atomic mass is 32.1. The zero-order valence-electron chi connectivity index (χ0n) is 13.9. The predicted molar refractivity (Wildman–Crippen MR) is 102 cm³/mol. The van der Waals surface area contributed by atoms with Crippen molar-refractivity contribution in [3.8, 4) is 0 Å². The van der Waals surface area contributed by atoms with Crippen molar-refractivity contribution in [3.05, 3.63) is 71.3 Å². The van der Waals surface area contributed by atoms with E-state index in [-0.39, 0.29) is 11.4 Å². The molecule has 1 N–H and O–H groups in total. The maximum absolute atomic E-state index is 12.2. The largest absolute Gasteiger partial charge is 0.316 e. The van der Waals surface area contributed by atoms with Gasteiger partial charge in [0.05, 0.1) is 10.5 Å². The van der Waals surface area contributed by atoms with Crippen molar-refractivity contribution in [2.75, 3.05) is 0 Å². The molecule has 3 nitrogen and oxygen atoms in total. The summed E-state index contributed by atoms with van der Waals surface area (Å²) in [6.45, 7) is 4.24. The van der Waals surface area contributed by atoms with Crippen molar-refractivity contribution in [2.45, 2.75) is 32.2 Å². The molecule has 0 atom stereocenters. The Kier molecular flexibility index (Phi) is 4.58. The highest BCUT2D eigenvalue weighted by Crippen LogP contribution is 2.27. The molecule has 1 aliphatic rings. The summed E-state index contributed by atoms with van der Waals surface area (Å²) in [7, 11) is 0. The van der Waals surface area contributed by atoms with Crippen molar-refractivity contribution in [1.29, 1.82) is 0 Å². The Hall–Kier alpha value is -2.33. The standard InChI is InChI=1S/C20H20N2OS/c1-20(2)13-15-10-6-7-11-16(15)17(22-20)12-18(24)21-19(23)14-8-4-3-5-9-14/h3-11H,12-13H2,1-2H3,(H,21,23,24). The number of nitrogens with one attached hydrogen (secondary N) is 1. The molecule has 0 unspecified atom stereocenters. The van der Waals surface area contributed by atoms with Crippen LogP contribution in [0.2, 0.25) is 0 Å². The molecule has 1 amide bonds. The number of carbonyl (C=O) groups is 1. The van der Waals surface area contributed by atoms with Crippen LogP contribution >= 0.6 is 12.2 Å². The van der Waals surface area contributed by atoms with Gasteiger partial charge in [-0.1, -0.05) is 54.7 Å². The van der Waals surface area contributed by atoms with E-state index in [2.05, 4.69) is 31.3 Å². The zero-order valence-corrected chi connectivity index (χ0v) is 14.7. The summed E-state index contributed by atoms with van der Waals surface area (Å²) in [5, 5.41) is 2.81. The minimum absolute atomic E-state index is 0.150. The van der Waals surface area contributed by atoms with Crippen molar-refractivity contribution in [2.24, 2.45) is 4.99 Å². The second-order valence-electron chi connectivity index (χ2n) is 6.62. The Morgan fingerprint density at radius 1 is 1.12 bits per heavy atom. The lowest BCUT2D eigenvalue weighted by Crippen LogP contribution is -2.34. The molecular formula is C20H20N2OS. The number of benzene rings is 2. The smallest absolute Gasteiger partial charge is 0.256 e. The Morgan fingerprint density at radius 3 is 2.54 bits per heavy atom. The van der Waals surface area contributed by atoms with E-state index in [9.17, 15) is 4.79 Å². The van der Waals surface area contributed by atoms with Crippen LogP contribution in [0.5, 0.6) is 0 Å². The van der Waals surface area contributed by atoms with Gasteiger partial charge in [-0.3, -0.25) is 9.79 Å². The highest BCUT2D eigenvalue weighted by molar-refractivity contribution is 7.80. The first-order valence-electron chi connectivity index (χ1n) is 8.01. The number of aliphatic imine (C=N–C) groups is 1. The van der Waals surface area contributed by atoms with Gasteiger partial charge in [-0.05, 0) is 43.5 Å². The van der Waals surface area contributed by atoms with E-state index in [1.54, 1.807) is 12.1 Å². The highest BCUT2D eigenvalue weighted by Gasteiger charge is 2.26. The molecule has 0 bridgehead atoms. The molecule has 0 saturated heterocycles. The quantitative estimate of drug-likeness (QED) is 0.862. The van der Waals surface area contributed by atoms with E-state index in [1.165, 1.54) is 5.56 Å². The summed E-state index contributed by atoms with van der Waals surface area (Å²) in [5.41, 5.74) is 3.81. The molecule has 3 rings (SSSR count). The minimum Gasteiger partial charge on any atom is -0.316 e. The molecule has 0 radical (unpaired) electrons. The van der Waals surface area contributed by atoms with Crippen LogP contribution in [0.15, 0.2) is 59.6 Å². The SMILES string of the molecule is CC1(C)Cc2ccccc2C(CC(=S)NC(=O)c2ccccc2)=N1. The number of carbonyl (C=O) groups excluding carboxylic acids is 1. The van der Waals surface area contributed by atoms with E-state index in [1.807, 2.05) is 30.3 Å². The lowest BCUT2D eigenvalue weighted by Gasteiger charge is -2.29. The van der Waals surface area contributed by atoms with Crippen LogP contribution < -0.4 is 5.32 Å². The Bertz CT molecular complexity index is 809. The van der Waals surface area contributed by atoms with Crippen LogP contribution in [0.3, 0.4) is 0 Å². The van der Waals surface area contributed by atoms with Crippen LogP contribution in [0.1, 0.15) is 41.8 Å². The first kappa shape index (κ1) is 16.5. The van der Waals surface area contributed by atoms with E-state index in [0.717, 1.165) is 17.7 Å². The zero-order chi connectivity index (χ0) is 17.2. The van der Waals surface area contributed by atoms with E-state index < -0.39 is 0 Å². The summed E-state index contributed by atoms with van der Waals surface area (Å²) in [6.07, 6.45) is 1.38. The van der Waals surface area contributed by atoms with Gasteiger partial charge >= 0.3 is 0 Å². The topological polar surface area (TPSA) is 41.5 Å². The number of hydrogen-bond acceptors (Lipinski definition) is 3. The van der Waals surface area contributed by atoms with Gasteiger partial charge in [0, 0.05) is 17.7 Å². The maximum Gasteiger partial charge on any atom is 0.256 e. The fourth-order valence-corrected chi connectivity index (χ4v) is 3.24. The number of rotatable bonds is 3. The van der Waals surface area contributed by atoms with Crippen LogP contribution in [0.4, 0.5) is 0 Å². The number of nitrogens with zero attached hydrogens (tertiary/aromatic N) is 1. The molecule has 4 heteroatoms. The van der Waals surface area contributed by atoms with Gasteiger partial charge < -0.3 is 5.32 Å². The molecule has 2 aromatic rings. The Labute approximate surface area is 147 Å². The predicted octanol–water partition coefficient (Wildman–Crippen LogP) is 3.96. The molecule has 0 saturated carbocycles. The summed E-state index contributed by atoms with van der Waals surface area (Å²) in [6, 6.07) is 17.4. The number of amides is 1. The van der Waals surface area contributed by atoms with Crippen LogP contribution in [0.25, 0.3) is 0 Å². The average molecular weight is 336 g/mol. The molecular weight excluding hydrogens is 316 g/mol. The van der Waals surface area contributed by atoms with Gasteiger partial charge in [-0.15, -0.1) is 0 Å². The first-order valence-corrected chi connectivity index (χ1v) is 8.42. The average Bonchev–Trinajstić information content (AvgIpc) is 2.54. The molecule has 1 heterocycles. The molecule has 0 aromatic heterocycles. The van der Waals surface area contributed by atoms with Gasteiger partial charge in [0.1, 0.15) is 0 Å². The van der Waals surface area contributed by atoms with Gasteiger partial charge in [0.15, 0.2) is 0 Å². The number of fused-ring (bicyclic) bond motifs is 1. The van der Waals surface area contributed by atoms with Crippen molar-refractivity contribution in [1.82, 2.24) is 5.32 Å². The lowest BCUT2D eigenvalue weighted by atomic mass is 9.86. The molecule has 1 aliphatic heterocycles. The third-order valence-corrected chi connectivity index (χ3v) is 4.25. The minimum atomic E-state index is -0.176. The van der Waals surface area contributed by atoms with Crippen molar-refractivity contribution < 1.29 is 4.79 Å². The van der Waals surface area contributed by atoms with Gasteiger partial charge in [0.2, 0.25) is 0 Å². The second-order valence-corrected chi connectivity index (χ2v) is 7.12. The maximum atomic E-state index is 12.2. The fraction of sp³-hybridized carbons (Fsp3) is 0.250. The summed E-state index contributed by atoms with van der Waals surface area (Å²) < 4.78 is 0. The molecule has 0 spiro atoms. The molecule has 2 aromatic carbocycles. The third kappa shape index (κ3) is 3.77. The van der Waals surface area contributed by atoms with E-state index in [0.29, 0.717) is 17.0 Å². The van der Waals surface area contributed by atoms with Crippen LogP contribution in [-0.2, 0) is 6.42 Å². The second kappa shape index (κ2) is 6.65. The van der Waals surface area contributed by atoms with Crippen LogP contribution in [0, 0.1) is 0 Å². The number of hydrogen-bond donors (Lipinski definition) is 1. The van der Waals surface area contributed by atoms with Gasteiger partial charge in [0.25, 0.3) is 5.91 Å². The number of thiocarbonyl (C=S) groups is 1. The fourth-order valence-electron chi connectivity index (χ4n) is 3.01. The van der Waals surface area contributed by atoms with E-state index >= 15 is 0 Å². The summed E-state index contributed by atoms with van der Waals surface area (Å²) in [5.74, 6) is -0.176. The van der Waals surface area contributed by atoms with Gasteiger partial charge in [-0.25, -0.2) is 0 Å². The summed E-state index contributed by atoms with van der Waals surface area (Å²) in [4.78, 5) is 17.6. The molecule has 24 heavy (non-hydrogen) atoms. The van der Waals surface area contributed by atoms with E-state index in [4.69, 9.17) is 17.2 Å².